The molecule has 0 amide bonds. The van der Waals surface area contributed by atoms with Gasteiger partial charge in [-0.25, -0.2) is 0 Å². The van der Waals surface area contributed by atoms with Gasteiger partial charge in [-0.15, -0.1) is 22.0 Å². The van der Waals surface area contributed by atoms with Crippen molar-refractivity contribution in [1.29, 1.82) is 0 Å². The maximum absolute atomic E-state index is 5.72. The van der Waals surface area contributed by atoms with Crippen LogP contribution in [-0.4, -0.2) is 23.6 Å². The van der Waals surface area contributed by atoms with Gasteiger partial charge in [-0.3, -0.25) is 0 Å². The van der Waals surface area contributed by atoms with Crippen molar-refractivity contribution in [2.75, 3.05) is 13.4 Å². The number of rotatable bonds is 7. The van der Waals surface area contributed by atoms with E-state index in [4.69, 9.17) is 9.15 Å². The molecule has 0 saturated heterocycles. The molecule has 6 heteroatoms. The summed E-state index contributed by atoms with van der Waals surface area (Å²) >= 11 is 3.30. The quantitative estimate of drug-likeness (QED) is 0.571. The number of aromatic nitrogens is 2. The lowest BCUT2D eigenvalue weighted by Gasteiger charge is -2.01. The van der Waals surface area contributed by atoms with Crippen LogP contribution >= 0.6 is 23.5 Å². The molecule has 3 aromatic rings. The van der Waals surface area contributed by atoms with Gasteiger partial charge in [-0.2, -0.15) is 0 Å². The van der Waals surface area contributed by atoms with Crippen LogP contribution in [0.4, 0.5) is 0 Å². The van der Waals surface area contributed by atoms with Crippen LogP contribution in [0.2, 0.25) is 0 Å². The Morgan fingerprint density at radius 3 is 2.33 bits per heavy atom. The third-order valence-corrected chi connectivity index (χ3v) is 5.12. The lowest BCUT2D eigenvalue weighted by molar-refractivity contribution is 0.413. The van der Waals surface area contributed by atoms with E-state index in [9.17, 15) is 0 Å². The molecule has 0 spiro atoms. The summed E-state index contributed by atoms with van der Waals surface area (Å²) in [6.07, 6.45) is 2.70. The number of hydrogen-bond acceptors (Lipinski definition) is 6. The van der Waals surface area contributed by atoms with Crippen molar-refractivity contribution in [2.45, 2.75) is 22.3 Å². The molecule has 0 saturated carbocycles. The summed E-state index contributed by atoms with van der Waals surface area (Å²) in [5.74, 6) is 2.28. The molecule has 0 N–H and O–H groups in total. The van der Waals surface area contributed by atoms with E-state index in [1.807, 2.05) is 24.3 Å². The topological polar surface area (TPSA) is 48.2 Å². The molecular formula is C18H18N2O2S2. The van der Waals surface area contributed by atoms with Gasteiger partial charge < -0.3 is 9.15 Å². The smallest absolute Gasteiger partial charge is 0.276 e. The van der Waals surface area contributed by atoms with Crippen LogP contribution in [0, 0.1) is 0 Å². The first kappa shape index (κ1) is 16.9. The fourth-order valence-corrected chi connectivity index (χ4v) is 3.30. The Morgan fingerprint density at radius 2 is 1.67 bits per heavy atom. The molecule has 2 aromatic carbocycles. The zero-order valence-electron chi connectivity index (χ0n) is 13.6. The monoisotopic (exact) mass is 358 g/mol. The fourth-order valence-electron chi connectivity index (χ4n) is 2.15. The first-order valence-corrected chi connectivity index (χ1v) is 9.69. The minimum absolute atomic E-state index is 0.604. The van der Waals surface area contributed by atoms with Gasteiger partial charge in [0.05, 0.1) is 13.5 Å². The Morgan fingerprint density at radius 1 is 0.958 bits per heavy atom. The summed E-state index contributed by atoms with van der Waals surface area (Å²) < 4.78 is 10.9. The molecule has 3 rings (SSSR count). The van der Waals surface area contributed by atoms with Crippen LogP contribution < -0.4 is 4.74 Å². The van der Waals surface area contributed by atoms with Gasteiger partial charge >= 0.3 is 0 Å². The molecular weight excluding hydrogens is 340 g/mol. The Hall–Kier alpha value is -1.92. The standard InChI is InChI=1S/C18H18N2O2S2/c1-21-15-7-3-13(4-8-15)11-17-19-20-18(22-17)24-12-14-5-9-16(23-2)10-6-14/h3-10H,11-12H2,1-2H3. The van der Waals surface area contributed by atoms with Crippen molar-refractivity contribution < 1.29 is 9.15 Å². The Labute approximate surface area is 150 Å². The fraction of sp³-hybridized carbons (Fsp3) is 0.222. The normalized spacial score (nSPS) is 10.8. The highest BCUT2D eigenvalue weighted by atomic mass is 32.2. The third kappa shape index (κ3) is 4.55. The van der Waals surface area contributed by atoms with Gasteiger partial charge in [0.2, 0.25) is 5.89 Å². The molecule has 0 atom stereocenters. The average Bonchev–Trinajstić information content (AvgIpc) is 3.08. The van der Waals surface area contributed by atoms with Gasteiger partial charge in [0.1, 0.15) is 5.75 Å². The number of thioether (sulfide) groups is 2. The highest BCUT2D eigenvalue weighted by molar-refractivity contribution is 7.98. The largest absolute Gasteiger partial charge is 0.497 e. The highest BCUT2D eigenvalue weighted by Crippen LogP contribution is 2.24. The molecule has 1 aromatic heterocycles. The van der Waals surface area contributed by atoms with Crippen LogP contribution in [0.25, 0.3) is 0 Å². The second kappa shape index (κ2) is 8.26. The molecule has 0 aliphatic heterocycles. The van der Waals surface area contributed by atoms with Gasteiger partial charge in [-0.1, -0.05) is 36.0 Å². The minimum Gasteiger partial charge on any atom is -0.497 e. The maximum Gasteiger partial charge on any atom is 0.276 e. The summed E-state index contributed by atoms with van der Waals surface area (Å²) in [4.78, 5) is 1.27. The first-order valence-electron chi connectivity index (χ1n) is 7.48. The van der Waals surface area contributed by atoms with E-state index in [-0.39, 0.29) is 0 Å². The molecule has 24 heavy (non-hydrogen) atoms. The zero-order valence-corrected chi connectivity index (χ0v) is 15.2. The van der Waals surface area contributed by atoms with Crippen LogP contribution in [0.5, 0.6) is 5.75 Å². The maximum atomic E-state index is 5.72. The van der Waals surface area contributed by atoms with Crippen LogP contribution in [0.3, 0.4) is 0 Å². The summed E-state index contributed by atoms with van der Waals surface area (Å²) in [6, 6.07) is 16.4. The third-order valence-electron chi connectivity index (χ3n) is 3.48. The Balaban J connectivity index is 1.56. The summed E-state index contributed by atoms with van der Waals surface area (Å²) in [5.41, 5.74) is 2.36. The van der Waals surface area contributed by atoms with Crippen molar-refractivity contribution in [2.24, 2.45) is 0 Å². The summed E-state index contributed by atoms with van der Waals surface area (Å²) in [6.45, 7) is 0. The number of ether oxygens (including phenoxy) is 1. The van der Waals surface area contributed by atoms with E-state index >= 15 is 0 Å². The Bertz CT molecular complexity index is 770. The van der Waals surface area contributed by atoms with Gasteiger partial charge in [0.25, 0.3) is 5.22 Å². The number of nitrogens with zero attached hydrogens (tertiary/aromatic N) is 2. The molecule has 0 radical (unpaired) electrons. The predicted octanol–water partition coefficient (Wildman–Crippen LogP) is 4.68. The van der Waals surface area contributed by atoms with Crippen molar-refractivity contribution in [3.05, 3.63) is 65.5 Å². The summed E-state index contributed by atoms with van der Waals surface area (Å²) in [5, 5.41) is 8.84. The SMILES string of the molecule is COc1ccc(Cc2nnc(SCc3ccc(SC)cc3)o2)cc1. The van der Waals surface area contributed by atoms with E-state index in [1.165, 1.54) is 10.5 Å². The predicted molar refractivity (Wildman–Crippen MR) is 97.9 cm³/mol. The summed E-state index contributed by atoms with van der Waals surface area (Å²) in [7, 11) is 1.66. The molecule has 1 heterocycles. The van der Waals surface area contributed by atoms with Crippen LogP contribution in [-0.2, 0) is 12.2 Å². The van der Waals surface area contributed by atoms with E-state index in [0.29, 0.717) is 17.5 Å². The first-order chi connectivity index (χ1) is 11.8. The second-order valence-electron chi connectivity index (χ2n) is 5.12. The second-order valence-corrected chi connectivity index (χ2v) is 6.93. The minimum atomic E-state index is 0.604. The van der Waals surface area contributed by atoms with E-state index in [1.54, 1.807) is 30.6 Å². The molecule has 4 nitrogen and oxygen atoms in total. The lowest BCUT2D eigenvalue weighted by atomic mass is 10.1. The number of benzene rings is 2. The van der Waals surface area contributed by atoms with Crippen LogP contribution in [0.15, 0.2) is 63.1 Å². The highest BCUT2D eigenvalue weighted by Gasteiger charge is 2.08. The van der Waals surface area contributed by atoms with E-state index in [2.05, 4.69) is 40.7 Å². The lowest BCUT2D eigenvalue weighted by Crippen LogP contribution is -1.89. The van der Waals surface area contributed by atoms with Crippen molar-refractivity contribution >= 4 is 23.5 Å². The molecule has 0 aliphatic rings. The van der Waals surface area contributed by atoms with Gasteiger partial charge in [0, 0.05) is 10.6 Å². The molecule has 124 valence electrons. The van der Waals surface area contributed by atoms with Crippen LogP contribution in [0.1, 0.15) is 17.0 Å². The van der Waals surface area contributed by atoms with Gasteiger partial charge in [0.15, 0.2) is 0 Å². The number of hydrogen-bond donors (Lipinski definition) is 0. The van der Waals surface area contributed by atoms with Gasteiger partial charge in [-0.05, 0) is 41.6 Å². The van der Waals surface area contributed by atoms with E-state index < -0.39 is 0 Å². The molecule has 0 bridgehead atoms. The van der Waals surface area contributed by atoms with E-state index in [0.717, 1.165) is 17.1 Å². The van der Waals surface area contributed by atoms with Crippen molar-refractivity contribution in [3.8, 4) is 5.75 Å². The number of methoxy groups -OCH3 is 1. The van der Waals surface area contributed by atoms with Crippen molar-refractivity contribution in [3.63, 3.8) is 0 Å². The molecule has 0 aliphatic carbocycles. The average molecular weight is 358 g/mol. The van der Waals surface area contributed by atoms with Crippen molar-refractivity contribution in [1.82, 2.24) is 10.2 Å². The molecule has 0 fully saturated rings. The Kier molecular flexibility index (Phi) is 5.82. The molecule has 0 unspecified atom stereocenters. The zero-order chi connectivity index (χ0) is 16.8.